The SMILES string of the molecule is COc1ccc(/C=C/C(=O)NCCNc2cc(Nc3cc(C)ccn3)ncn2)cc1. The number of methoxy groups -OCH3 is 1. The van der Waals surface area contributed by atoms with Crippen molar-refractivity contribution in [3.63, 3.8) is 0 Å². The maximum Gasteiger partial charge on any atom is 0.244 e. The molecular weight excluding hydrogens is 380 g/mol. The number of carbonyl (C=O) groups is 1. The summed E-state index contributed by atoms with van der Waals surface area (Å²) in [6.45, 7) is 2.99. The number of nitrogens with one attached hydrogen (secondary N) is 3. The summed E-state index contributed by atoms with van der Waals surface area (Å²) in [5, 5.41) is 9.13. The second-order valence-electron chi connectivity index (χ2n) is 6.46. The second-order valence-corrected chi connectivity index (χ2v) is 6.46. The van der Waals surface area contributed by atoms with Gasteiger partial charge in [0.1, 0.15) is 29.5 Å². The molecule has 154 valence electrons. The molecule has 3 N–H and O–H groups in total. The average molecular weight is 404 g/mol. The molecule has 2 aromatic heterocycles. The number of benzene rings is 1. The topological polar surface area (TPSA) is 101 Å². The Morgan fingerprint density at radius 3 is 2.53 bits per heavy atom. The zero-order valence-electron chi connectivity index (χ0n) is 16.9. The summed E-state index contributed by atoms with van der Waals surface area (Å²) in [5.74, 6) is 2.62. The number of amides is 1. The molecule has 2 heterocycles. The number of anilines is 3. The van der Waals surface area contributed by atoms with Crippen LogP contribution in [0.15, 0.2) is 61.1 Å². The van der Waals surface area contributed by atoms with Crippen molar-refractivity contribution < 1.29 is 9.53 Å². The summed E-state index contributed by atoms with van der Waals surface area (Å²) >= 11 is 0. The van der Waals surface area contributed by atoms with Gasteiger partial charge in [-0.25, -0.2) is 15.0 Å². The van der Waals surface area contributed by atoms with Crippen molar-refractivity contribution in [2.45, 2.75) is 6.92 Å². The van der Waals surface area contributed by atoms with E-state index in [-0.39, 0.29) is 5.91 Å². The molecule has 0 bridgehead atoms. The van der Waals surface area contributed by atoms with E-state index in [0.717, 1.165) is 22.7 Å². The highest BCUT2D eigenvalue weighted by atomic mass is 16.5. The number of aryl methyl sites for hydroxylation is 1. The first-order valence-corrected chi connectivity index (χ1v) is 9.48. The summed E-state index contributed by atoms with van der Waals surface area (Å²) in [6.07, 6.45) is 6.47. The van der Waals surface area contributed by atoms with E-state index in [0.29, 0.717) is 24.7 Å². The largest absolute Gasteiger partial charge is 0.497 e. The molecule has 0 fully saturated rings. The summed E-state index contributed by atoms with van der Waals surface area (Å²) in [5.41, 5.74) is 2.03. The second kappa shape index (κ2) is 10.6. The minimum absolute atomic E-state index is 0.164. The lowest BCUT2D eigenvalue weighted by Gasteiger charge is -2.09. The Morgan fingerprint density at radius 1 is 1.00 bits per heavy atom. The normalized spacial score (nSPS) is 10.6. The Balaban J connectivity index is 1.42. The van der Waals surface area contributed by atoms with E-state index in [1.54, 1.807) is 25.4 Å². The first kappa shape index (κ1) is 20.8. The number of carbonyl (C=O) groups excluding carboxylic acids is 1. The lowest BCUT2D eigenvalue weighted by Crippen LogP contribution is -2.27. The Kier molecular flexibility index (Phi) is 7.32. The van der Waals surface area contributed by atoms with E-state index in [1.807, 2.05) is 43.3 Å². The van der Waals surface area contributed by atoms with Crippen LogP contribution in [-0.4, -0.2) is 41.1 Å². The highest BCUT2D eigenvalue weighted by Crippen LogP contribution is 2.15. The summed E-state index contributed by atoms with van der Waals surface area (Å²) in [6, 6.07) is 13.1. The number of ether oxygens (including phenoxy) is 1. The predicted octanol–water partition coefficient (Wildman–Crippen LogP) is 3.17. The van der Waals surface area contributed by atoms with Crippen LogP contribution < -0.4 is 20.7 Å². The van der Waals surface area contributed by atoms with Crippen molar-refractivity contribution in [1.82, 2.24) is 20.3 Å². The van der Waals surface area contributed by atoms with Crippen LogP contribution >= 0.6 is 0 Å². The monoisotopic (exact) mass is 404 g/mol. The van der Waals surface area contributed by atoms with Crippen LogP contribution in [0.2, 0.25) is 0 Å². The van der Waals surface area contributed by atoms with Gasteiger partial charge in [-0.05, 0) is 48.4 Å². The van der Waals surface area contributed by atoms with Gasteiger partial charge in [-0.3, -0.25) is 4.79 Å². The number of aromatic nitrogens is 3. The molecule has 1 aromatic carbocycles. The van der Waals surface area contributed by atoms with E-state index >= 15 is 0 Å². The van der Waals surface area contributed by atoms with E-state index in [1.165, 1.54) is 12.4 Å². The molecule has 0 saturated carbocycles. The lowest BCUT2D eigenvalue weighted by atomic mass is 10.2. The highest BCUT2D eigenvalue weighted by molar-refractivity contribution is 5.91. The molecule has 1 amide bonds. The van der Waals surface area contributed by atoms with Gasteiger partial charge in [0.15, 0.2) is 0 Å². The smallest absolute Gasteiger partial charge is 0.244 e. The molecule has 0 aliphatic heterocycles. The third-order valence-electron chi connectivity index (χ3n) is 4.11. The molecule has 0 aliphatic rings. The molecule has 0 unspecified atom stereocenters. The summed E-state index contributed by atoms with van der Waals surface area (Å²) in [4.78, 5) is 24.6. The third-order valence-corrected chi connectivity index (χ3v) is 4.11. The quantitative estimate of drug-likeness (QED) is 0.372. The summed E-state index contributed by atoms with van der Waals surface area (Å²) < 4.78 is 5.11. The van der Waals surface area contributed by atoms with E-state index in [4.69, 9.17) is 4.74 Å². The van der Waals surface area contributed by atoms with Crippen LogP contribution in [0.1, 0.15) is 11.1 Å². The average Bonchev–Trinajstić information content (AvgIpc) is 2.76. The fraction of sp³-hybridized carbons (Fsp3) is 0.182. The number of pyridine rings is 1. The van der Waals surface area contributed by atoms with Gasteiger partial charge >= 0.3 is 0 Å². The maximum atomic E-state index is 11.9. The standard InChI is InChI=1S/C22H24N6O2/c1-16-9-10-23-20(13-16)28-21-14-19(26-15-27-21)24-11-12-25-22(29)8-5-17-3-6-18(30-2)7-4-17/h3-10,13-15H,11-12H2,1-2H3,(H,25,29)(H2,23,24,26,27,28)/b8-5+. The van der Waals surface area contributed by atoms with E-state index < -0.39 is 0 Å². The van der Waals surface area contributed by atoms with Crippen LogP contribution in [0, 0.1) is 6.92 Å². The van der Waals surface area contributed by atoms with E-state index in [2.05, 4.69) is 30.9 Å². The molecule has 0 saturated heterocycles. The van der Waals surface area contributed by atoms with Crippen molar-refractivity contribution in [2.75, 3.05) is 30.8 Å². The van der Waals surface area contributed by atoms with Gasteiger partial charge in [0.2, 0.25) is 5.91 Å². The zero-order chi connectivity index (χ0) is 21.2. The fourth-order valence-corrected chi connectivity index (χ4v) is 2.58. The number of rotatable bonds is 9. The minimum atomic E-state index is -0.164. The lowest BCUT2D eigenvalue weighted by molar-refractivity contribution is -0.116. The van der Waals surface area contributed by atoms with Crippen LogP contribution in [0.5, 0.6) is 5.75 Å². The van der Waals surface area contributed by atoms with Crippen molar-refractivity contribution >= 4 is 29.4 Å². The zero-order valence-corrected chi connectivity index (χ0v) is 16.9. The molecule has 0 radical (unpaired) electrons. The summed E-state index contributed by atoms with van der Waals surface area (Å²) in [7, 11) is 1.62. The fourth-order valence-electron chi connectivity index (χ4n) is 2.58. The number of nitrogens with zero attached hydrogens (tertiary/aromatic N) is 3. The first-order chi connectivity index (χ1) is 14.6. The molecular formula is C22H24N6O2. The highest BCUT2D eigenvalue weighted by Gasteiger charge is 2.01. The first-order valence-electron chi connectivity index (χ1n) is 9.48. The molecule has 0 atom stereocenters. The Hall–Kier alpha value is -3.94. The van der Waals surface area contributed by atoms with Gasteiger partial charge in [0.25, 0.3) is 0 Å². The Labute approximate surface area is 175 Å². The van der Waals surface area contributed by atoms with Gasteiger partial charge in [0.05, 0.1) is 7.11 Å². The minimum Gasteiger partial charge on any atom is -0.497 e. The van der Waals surface area contributed by atoms with Crippen molar-refractivity contribution in [1.29, 1.82) is 0 Å². The number of hydrogen-bond acceptors (Lipinski definition) is 7. The Morgan fingerprint density at radius 2 is 1.77 bits per heavy atom. The van der Waals surface area contributed by atoms with Crippen molar-refractivity contribution in [3.8, 4) is 5.75 Å². The van der Waals surface area contributed by atoms with Crippen LogP contribution in [0.3, 0.4) is 0 Å². The molecule has 3 aromatic rings. The molecule has 8 nitrogen and oxygen atoms in total. The van der Waals surface area contributed by atoms with Gasteiger partial charge in [-0.1, -0.05) is 12.1 Å². The van der Waals surface area contributed by atoms with Crippen molar-refractivity contribution in [2.24, 2.45) is 0 Å². The molecule has 30 heavy (non-hydrogen) atoms. The maximum absolute atomic E-state index is 11.9. The van der Waals surface area contributed by atoms with Gasteiger partial charge < -0.3 is 20.7 Å². The third kappa shape index (κ3) is 6.59. The van der Waals surface area contributed by atoms with Gasteiger partial charge in [-0.2, -0.15) is 0 Å². The van der Waals surface area contributed by atoms with E-state index in [9.17, 15) is 4.79 Å². The molecule has 3 rings (SSSR count). The van der Waals surface area contributed by atoms with Gasteiger partial charge in [-0.15, -0.1) is 0 Å². The molecule has 0 aliphatic carbocycles. The predicted molar refractivity (Wildman–Crippen MR) is 118 cm³/mol. The molecule has 8 heteroatoms. The van der Waals surface area contributed by atoms with Crippen molar-refractivity contribution in [3.05, 3.63) is 72.2 Å². The molecule has 0 spiro atoms. The van der Waals surface area contributed by atoms with Crippen LogP contribution in [0.25, 0.3) is 6.08 Å². The van der Waals surface area contributed by atoms with Crippen LogP contribution in [-0.2, 0) is 4.79 Å². The number of hydrogen-bond donors (Lipinski definition) is 3. The van der Waals surface area contributed by atoms with Crippen LogP contribution in [0.4, 0.5) is 17.5 Å². The Bertz CT molecular complexity index is 1000. The van der Waals surface area contributed by atoms with Gasteiger partial charge in [0, 0.05) is 31.4 Å².